The highest BCUT2D eigenvalue weighted by Crippen LogP contribution is 2.04. The number of hydrogen-bond acceptors (Lipinski definition) is 2. The van der Waals surface area contributed by atoms with Crippen LogP contribution in [0.5, 0.6) is 0 Å². The molecule has 1 aromatic heterocycles. The van der Waals surface area contributed by atoms with E-state index < -0.39 is 8.07 Å². The van der Waals surface area contributed by atoms with Crippen LogP contribution in [0.15, 0.2) is 36.2 Å². The summed E-state index contributed by atoms with van der Waals surface area (Å²) in [5, 5.41) is 0. The molecule has 3 heteroatoms. The Labute approximate surface area is 85.7 Å². The second kappa shape index (κ2) is 4.33. The summed E-state index contributed by atoms with van der Waals surface area (Å²) in [6.45, 7) is 6.57. The summed E-state index contributed by atoms with van der Waals surface area (Å²) in [6.07, 6.45) is 3.28. The fourth-order valence-electron chi connectivity index (χ4n) is 0.920. The number of allylic oxidation sites excluding steroid dienone is 1. The Morgan fingerprint density at radius 1 is 1.36 bits per heavy atom. The normalized spacial score (nSPS) is 11.9. The van der Waals surface area contributed by atoms with Crippen molar-refractivity contribution in [2.75, 3.05) is 0 Å². The van der Waals surface area contributed by atoms with Gasteiger partial charge in [0.25, 0.3) is 0 Å². The number of ketones is 1. The Morgan fingerprint density at radius 2 is 2.07 bits per heavy atom. The van der Waals surface area contributed by atoms with E-state index in [2.05, 4.69) is 24.6 Å². The van der Waals surface area contributed by atoms with Gasteiger partial charge in [0, 0.05) is 6.20 Å². The average Bonchev–Trinajstić information content (AvgIpc) is 2.14. The van der Waals surface area contributed by atoms with Gasteiger partial charge in [0.1, 0.15) is 5.69 Å². The topological polar surface area (TPSA) is 30.0 Å². The fourth-order valence-corrected chi connectivity index (χ4v) is 1.57. The average molecular weight is 205 g/mol. The fraction of sp³-hybridized carbons (Fsp3) is 0.273. The van der Waals surface area contributed by atoms with Crippen LogP contribution < -0.4 is 0 Å². The van der Waals surface area contributed by atoms with Crippen molar-refractivity contribution in [3.63, 3.8) is 0 Å². The number of carbonyl (C=O) groups excluding carboxylic acids is 1. The zero-order valence-corrected chi connectivity index (χ0v) is 9.82. The predicted octanol–water partition coefficient (Wildman–Crippen LogP) is 2.70. The third kappa shape index (κ3) is 3.66. The van der Waals surface area contributed by atoms with Crippen molar-refractivity contribution < 1.29 is 4.79 Å². The van der Waals surface area contributed by atoms with Crippen LogP contribution in [0.4, 0.5) is 0 Å². The Bertz CT molecular complexity index is 338. The molecule has 0 saturated carbocycles. The van der Waals surface area contributed by atoms with Gasteiger partial charge in [-0.3, -0.25) is 9.78 Å². The summed E-state index contributed by atoms with van der Waals surface area (Å²) < 4.78 is 0. The third-order valence-electron chi connectivity index (χ3n) is 1.65. The second-order valence-electron chi connectivity index (χ2n) is 4.28. The minimum Gasteiger partial charge on any atom is -0.288 e. The Hall–Kier alpha value is -1.22. The van der Waals surface area contributed by atoms with Gasteiger partial charge in [0.15, 0.2) is 0 Å². The molecule has 1 heterocycles. The molecule has 0 aliphatic carbocycles. The van der Waals surface area contributed by atoms with Crippen molar-refractivity contribution in [3.8, 4) is 0 Å². The van der Waals surface area contributed by atoms with E-state index in [0.717, 1.165) is 0 Å². The highest BCUT2D eigenvalue weighted by atomic mass is 28.3. The van der Waals surface area contributed by atoms with Gasteiger partial charge in [-0.05, 0) is 18.2 Å². The standard InChI is InChI=1S/C11H15NOSi/c1-14(2,3)9-7-11(13)10-6-4-5-8-12-10/h4-9H,1-3H3/b9-7+. The van der Waals surface area contributed by atoms with Crippen molar-refractivity contribution >= 4 is 13.9 Å². The first kappa shape index (κ1) is 10.9. The van der Waals surface area contributed by atoms with Gasteiger partial charge >= 0.3 is 0 Å². The molecule has 0 saturated heterocycles. The van der Waals surface area contributed by atoms with Crippen molar-refractivity contribution in [3.05, 3.63) is 41.9 Å². The van der Waals surface area contributed by atoms with E-state index in [9.17, 15) is 4.79 Å². The second-order valence-corrected chi connectivity index (χ2v) is 9.34. The summed E-state index contributed by atoms with van der Waals surface area (Å²) in [7, 11) is -1.28. The van der Waals surface area contributed by atoms with Crippen LogP contribution in [0.2, 0.25) is 19.6 Å². The van der Waals surface area contributed by atoms with Gasteiger partial charge in [-0.15, -0.1) is 0 Å². The van der Waals surface area contributed by atoms with Crippen LogP contribution in [0, 0.1) is 0 Å². The minimum atomic E-state index is -1.28. The molecule has 0 unspecified atom stereocenters. The number of aromatic nitrogens is 1. The molecule has 0 fully saturated rings. The lowest BCUT2D eigenvalue weighted by molar-refractivity contribution is 0.104. The van der Waals surface area contributed by atoms with E-state index in [1.54, 1.807) is 24.4 Å². The lowest BCUT2D eigenvalue weighted by Gasteiger charge is -2.07. The first-order chi connectivity index (χ1) is 6.49. The quantitative estimate of drug-likeness (QED) is 0.431. The summed E-state index contributed by atoms with van der Waals surface area (Å²) in [5.74, 6) is -0.00646. The van der Waals surface area contributed by atoms with E-state index in [1.807, 2.05) is 11.8 Å². The summed E-state index contributed by atoms with van der Waals surface area (Å²) in [6, 6.07) is 5.36. The van der Waals surface area contributed by atoms with E-state index in [-0.39, 0.29) is 5.78 Å². The van der Waals surface area contributed by atoms with E-state index in [4.69, 9.17) is 0 Å². The Kier molecular flexibility index (Phi) is 3.36. The van der Waals surface area contributed by atoms with E-state index in [1.165, 1.54) is 0 Å². The van der Waals surface area contributed by atoms with E-state index >= 15 is 0 Å². The number of hydrogen-bond donors (Lipinski definition) is 0. The number of nitrogens with zero attached hydrogens (tertiary/aromatic N) is 1. The number of carbonyl (C=O) groups is 1. The lowest BCUT2D eigenvalue weighted by Crippen LogP contribution is -2.16. The molecule has 74 valence electrons. The largest absolute Gasteiger partial charge is 0.288 e. The zero-order chi connectivity index (χ0) is 10.6. The van der Waals surface area contributed by atoms with Gasteiger partial charge in [-0.25, -0.2) is 0 Å². The predicted molar refractivity (Wildman–Crippen MR) is 61.1 cm³/mol. The molecule has 2 nitrogen and oxygen atoms in total. The Morgan fingerprint density at radius 3 is 2.57 bits per heavy atom. The van der Waals surface area contributed by atoms with Crippen LogP contribution in [0.25, 0.3) is 0 Å². The van der Waals surface area contributed by atoms with Gasteiger partial charge in [-0.1, -0.05) is 31.4 Å². The molecule has 0 bridgehead atoms. The molecule has 0 spiro atoms. The molecular weight excluding hydrogens is 190 g/mol. The number of rotatable bonds is 3. The Balaban J connectivity index is 2.74. The molecule has 1 aromatic rings. The SMILES string of the molecule is C[Si](C)(C)/C=C/C(=O)c1ccccn1. The maximum absolute atomic E-state index is 11.6. The molecule has 0 amide bonds. The van der Waals surface area contributed by atoms with Gasteiger partial charge in [0.2, 0.25) is 5.78 Å². The first-order valence-corrected chi connectivity index (χ1v) is 8.21. The smallest absolute Gasteiger partial charge is 0.203 e. The highest BCUT2D eigenvalue weighted by molar-refractivity contribution is 6.81. The summed E-state index contributed by atoms with van der Waals surface area (Å²) in [4.78, 5) is 15.6. The van der Waals surface area contributed by atoms with Crippen LogP contribution >= 0.6 is 0 Å². The van der Waals surface area contributed by atoms with Crippen molar-refractivity contribution in [2.45, 2.75) is 19.6 Å². The van der Waals surface area contributed by atoms with Gasteiger partial charge in [-0.2, -0.15) is 0 Å². The zero-order valence-electron chi connectivity index (χ0n) is 8.82. The maximum Gasteiger partial charge on any atom is 0.203 e. The van der Waals surface area contributed by atoms with Crippen molar-refractivity contribution in [2.24, 2.45) is 0 Å². The molecule has 0 aromatic carbocycles. The number of pyridine rings is 1. The minimum absolute atomic E-state index is 0.00646. The van der Waals surface area contributed by atoms with Crippen molar-refractivity contribution in [1.82, 2.24) is 4.98 Å². The van der Waals surface area contributed by atoms with Crippen LogP contribution in [0.3, 0.4) is 0 Å². The molecule has 1 rings (SSSR count). The molecule has 0 aliphatic heterocycles. The van der Waals surface area contributed by atoms with Crippen LogP contribution in [0.1, 0.15) is 10.5 Å². The highest BCUT2D eigenvalue weighted by Gasteiger charge is 2.09. The summed E-state index contributed by atoms with van der Waals surface area (Å²) >= 11 is 0. The summed E-state index contributed by atoms with van der Waals surface area (Å²) in [5.41, 5.74) is 2.55. The molecule has 14 heavy (non-hydrogen) atoms. The molecule has 0 radical (unpaired) electrons. The van der Waals surface area contributed by atoms with Crippen LogP contribution in [-0.2, 0) is 0 Å². The molecular formula is C11H15NOSi. The lowest BCUT2D eigenvalue weighted by atomic mass is 10.2. The molecule has 0 aliphatic rings. The van der Waals surface area contributed by atoms with Gasteiger partial charge in [0.05, 0.1) is 8.07 Å². The molecule has 0 atom stereocenters. The first-order valence-electron chi connectivity index (χ1n) is 4.64. The van der Waals surface area contributed by atoms with E-state index in [0.29, 0.717) is 5.69 Å². The third-order valence-corrected chi connectivity index (χ3v) is 2.82. The van der Waals surface area contributed by atoms with Crippen LogP contribution in [-0.4, -0.2) is 18.8 Å². The molecule has 0 N–H and O–H groups in total. The van der Waals surface area contributed by atoms with Gasteiger partial charge < -0.3 is 0 Å². The maximum atomic E-state index is 11.6. The van der Waals surface area contributed by atoms with Crippen molar-refractivity contribution in [1.29, 1.82) is 0 Å². The monoisotopic (exact) mass is 205 g/mol.